The molecule has 0 saturated heterocycles. The molecule has 0 atom stereocenters. The second-order valence-electron chi connectivity index (χ2n) is 6.46. The summed E-state index contributed by atoms with van der Waals surface area (Å²) in [6, 6.07) is 21.7. The molecule has 0 saturated carbocycles. The molecule has 1 aromatic heterocycles. The van der Waals surface area contributed by atoms with E-state index in [0.717, 1.165) is 22.6 Å². The number of aromatic nitrogens is 1. The normalized spacial score (nSPS) is 10.4. The number of carbonyl (C=O) groups excluding carboxylic acids is 1. The van der Waals surface area contributed by atoms with Crippen LogP contribution < -0.4 is 9.80 Å². The monoisotopic (exact) mass is 345 g/mol. The van der Waals surface area contributed by atoms with Crippen molar-refractivity contribution in [1.29, 1.82) is 0 Å². The van der Waals surface area contributed by atoms with Crippen molar-refractivity contribution in [2.75, 3.05) is 23.9 Å². The molecule has 0 fully saturated rings. The van der Waals surface area contributed by atoms with Crippen molar-refractivity contribution >= 4 is 17.4 Å². The van der Waals surface area contributed by atoms with Crippen molar-refractivity contribution in [3.05, 3.63) is 89.6 Å². The van der Waals surface area contributed by atoms with Crippen LogP contribution in [0.1, 0.15) is 21.5 Å². The van der Waals surface area contributed by atoms with Gasteiger partial charge in [0.15, 0.2) is 0 Å². The smallest absolute Gasteiger partial charge is 0.259 e. The molecule has 1 amide bonds. The first kappa shape index (κ1) is 17.7. The van der Waals surface area contributed by atoms with Crippen molar-refractivity contribution in [3.63, 3.8) is 0 Å². The van der Waals surface area contributed by atoms with Crippen molar-refractivity contribution in [2.45, 2.75) is 13.5 Å². The van der Waals surface area contributed by atoms with Crippen LogP contribution in [0, 0.1) is 6.92 Å². The third-order valence-corrected chi connectivity index (χ3v) is 4.27. The number of anilines is 2. The molecule has 0 aliphatic heterocycles. The zero-order valence-corrected chi connectivity index (χ0v) is 15.4. The van der Waals surface area contributed by atoms with E-state index in [-0.39, 0.29) is 5.91 Å². The largest absolute Gasteiger partial charge is 0.363 e. The Labute approximate surface area is 154 Å². The molecular formula is C22H23N3O. The van der Waals surface area contributed by atoms with Crippen molar-refractivity contribution < 1.29 is 4.79 Å². The molecule has 3 aromatic rings. The van der Waals surface area contributed by atoms with Crippen LogP contribution in [-0.4, -0.2) is 25.0 Å². The number of hydrogen-bond donors (Lipinski definition) is 0. The average molecular weight is 345 g/mol. The summed E-state index contributed by atoms with van der Waals surface area (Å²) in [5.74, 6) is 0.745. The van der Waals surface area contributed by atoms with E-state index < -0.39 is 0 Å². The Hall–Kier alpha value is -3.14. The molecule has 4 heteroatoms. The number of benzene rings is 2. The summed E-state index contributed by atoms with van der Waals surface area (Å²) in [6.07, 6.45) is 1.76. The number of nitrogens with zero attached hydrogens (tertiary/aromatic N) is 3. The summed E-state index contributed by atoms with van der Waals surface area (Å²) < 4.78 is 0. The predicted molar refractivity (Wildman–Crippen MR) is 107 cm³/mol. The SMILES string of the molecule is Cc1cnc(N(C)C)cc1C(=O)N(Cc1ccccc1)c1ccccc1. The molecular weight excluding hydrogens is 322 g/mol. The molecule has 0 N–H and O–H groups in total. The molecule has 0 radical (unpaired) electrons. The van der Waals surface area contributed by atoms with Crippen LogP contribution >= 0.6 is 0 Å². The quantitative estimate of drug-likeness (QED) is 0.692. The maximum atomic E-state index is 13.4. The highest BCUT2D eigenvalue weighted by atomic mass is 16.2. The maximum Gasteiger partial charge on any atom is 0.259 e. The van der Waals surface area contributed by atoms with E-state index in [1.165, 1.54) is 0 Å². The summed E-state index contributed by atoms with van der Waals surface area (Å²) in [7, 11) is 3.84. The number of hydrogen-bond acceptors (Lipinski definition) is 3. The van der Waals surface area contributed by atoms with Gasteiger partial charge in [0.2, 0.25) is 0 Å². The molecule has 26 heavy (non-hydrogen) atoms. The van der Waals surface area contributed by atoms with E-state index in [4.69, 9.17) is 0 Å². The summed E-state index contributed by atoms with van der Waals surface area (Å²) in [5.41, 5.74) is 3.51. The molecule has 132 valence electrons. The summed E-state index contributed by atoms with van der Waals surface area (Å²) in [6.45, 7) is 2.44. The maximum absolute atomic E-state index is 13.4. The van der Waals surface area contributed by atoms with E-state index >= 15 is 0 Å². The molecule has 0 bridgehead atoms. The van der Waals surface area contributed by atoms with Gasteiger partial charge >= 0.3 is 0 Å². The summed E-state index contributed by atoms with van der Waals surface area (Å²) in [5, 5.41) is 0. The molecule has 0 unspecified atom stereocenters. The number of rotatable bonds is 5. The number of aryl methyl sites for hydroxylation is 1. The van der Waals surface area contributed by atoms with Gasteiger partial charge in [0, 0.05) is 31.5 Å². The molecule has 0 aliphatic carbocycles. The third kappa shape index (κ3) is 3.91. The van der Waals surface area contributed by atoms with Crippen LogP contribution in [0.5, 0.6) is 0 Å². The second kappa shape index (κ2) is 7.83. The van der Waals surface area contributed by atoms with Gasteiger partial charge in [-0.15, -0.1) is 0 Å². The van der Waals surface area contributed by atoms with E-state index in [9.17, 15) is 4.79 Å². The van der Waals surface area contributed by atoms with Crippen molar-refractivity contribution in [3.8, 4) is 0 Å². The van der Waals surface area contributed by atoms with Gasteiger partial charge in [0.05, 0.1) is 6.54 Å². The third-order valence-electron chi connectivity index (χ3n) is 4.27. The van der Waals surface area contributed by atoms with Gasteiger partial charge in [-0.05, 0) is 36.2 Å². The van der Waals surface area contributed by atoms with E-state index in [0.29, 0.717) is 12.1 Å². The van der Waals surface area contributed by atoms with Crippen LogP contribution in [0.4, 0.5) is 11.5 Å². The summed E-state index contributed by atoms with van der Waals surface area (Å²) >= 11 is 0. The Kier molecular flexibility index (Phi) is 5.32. The van der Waals surface area contributed by atoms with E-state index in [1.54, 1.807) is 6.20 Å². The lowest BCUT2D eigenvalue weighted by molar-refractivity contribution is 0.0984. The Balaban J connectivity index is 2.01. The molecule has 3 rings (SSSR count). The van der Waals surface area contributed by atoms with Crippen LogP contribution in [0.25, 0.3) is 0 Å². The number of carbonyl (C=O) groups is 1. The second-order valence-corrected chi connectivity index (χ2v) is 6.46. The molecule has 4 nitrogen and oxygen atoms in total. The fourth-order valence-corrected chi connectivity index (χ4v) is 2.79. The number of para-hydroxylation sites is 1. The summed E-state index contributed by atoms with van der Waals surface area (Å²) in [4.78, 5) is 21.5. The van der Waals surface area contributed by atoms with Gasteiger partial charge < -0.3 is 9.80 Å². The minimum Gasteiger partial charge on any atom is -0.363 e. The predicted octanol–water partition coefficient (Wildman–Crippen LogP) is 4.30. The lowest BCUT2D eigenvalue weighted by Crippen LogP contribution is -2.31. The lowest BCUT2D eigenvalue weighted by Gasteiger charge is -2.24. The minimum atomic E-state index is -0.0250. The van der Waals surface area contributed by atoms with Gasteiger partial charge in [0.1, 0.15) is 5.82 Å². The first-order valence-corrected chi connectivity index (χ1v) is 8.61. The number of amides is 1. The fraction of sp³-hybridized carbons (Fsp3) is 0.182. The van der Waals surface area contributed by atoms with Gasteiger partial charge in [-0.1, -0.05) is 48.5 Å². The van der Waals surface area contributed by atoms with Crippen LogP contribution in [0.2, 0.25) is 0 Å². The Morgan fingerprint density at radius 1 is 0.962 bits per heavy atom. The van der Waals surface area contributed by atoms with Crippen LogP contribution in [0.15, 0.2) is 72.9 Å². The van der Waals surface area contributed by atoms with Gasteiger partial charge in [0.25, 0.3) is 5.91 Å². The van der Waals surface area contributed by atoms with Crippen molar-refractivity contribution in [2.24, 2.45) is 0 Å². The lowest BCUT2D eigenvalue weighted by atomic mass is 10.1. The highest BCUT2D eigenvalue weighted by Crippen LogP contribution is 2.23. The topological polar surface area (TPSA) is 36.4 Å². The van der Waals surface area contributed by atoms with Crippen LogP contribution in [0.3, 0.4) is 0 Å². The molecule has 0 spiro atoms. The highest BCUT2D eigenvalue weighted by molar-refractivity contribution is 6.07. The molecule has 2 aromatic carbocycles. The number of pyridine rings is 1. The Morgan fingerprint density at radius 2 is 1.58 bits per heavy atom. The Morgan fingerprint density at radius 3 is 2.19 bits per heavy atom. The van der Waals surface area contributed by atoms with Gasteiger partial charge in [-0.25, -0.2) is 4.98 Å². The highest BCUT2D eigenvalue weighted by Gasteiger charge is 2.21. The van der Waals surface area contributed by atoms with Crippen molar-refractivity contribution in [1.82, 2.24) is 4.98 Å². The zero-order valence-electron chi connectivity index (χ0n) is 15.4. The van der Waals surface area contributed by atoms with Gasteiger partial charge in [-0.2, -0.15) is 0 Å². The first-order chi connectivity index (χ1) is 12.6. The zero-order chi connectivity index (χ0) is 18.5. The van der Waals surface area contributed by atoms with Gasteiger partial charge in [-0.3, -0.25) is 4.79 Å². The fourth-order valence-electron chi connectivity index (χ4n) is 2.79. The Bertz CT molecular complexity index is 876. The van der Waals surface area contributed by atoms with E-state index in [1.807, 2.05) is 97.5 Å². The standard InChI is InChI=1S/C22H23N3O/c1-17-15-23-21(24(2)3)14-20(17)22(26)25(19-12-8-5-9-13-19)16-18-10-6-4-7-11-18/h4-15H,16H2,1-3H3. The van der Waals surface area contributed by atoms with E-state index in [2.05, 4.69) is 4.98 Å². The minimum absolute atomic E-state index is 0.0250. The molecule has 1 heterocycles. The average Bonchev–Trinajstić information content (AvgIpc) is 2.67. The molecule has 0 aliphatic rings. The first-order valence-electron chi connectivity index (χ1n) is 8.61. The van der Waals surface area contributed by atoms with Crippen LogP contribution in [-0.2, 0) is 6.54 Å².